The summed E-state index contributed by atoms with van der Waals surface area (Å²) in [5.41, 5.74) is 12.8. The largest absolute Gasteiger partial charge is 0.370 e. The van der Waals surface area contributed by atoms with Gasteiger partial charge in [0.1, 0.15) is 18.1 Å². The molecule has 0 unspecified atom stereocenters. The first-order valence-electron chi connectivity index (χ1n) is 14.8. The Kier molecular flexibility index (Phi) is 11.1. The van der Waals surface area contributed by atoms with Crippen LogP contribution in [0.3, 0.4) is 0 Å². The predicted molar refractivity (Wildman–Crippen MR) is 175 cm³/mol. The minimum absolute atomic E-state index is 0.161. The van der Waals surface area contributed by atoms with E-state index in [1.807, 2.05) is 84.9 Å². The molecule has 0 saturated heterocycles. The van der Waals surface area contributed by atoms with Gasteiger partial charge in [-0.05, 0) is 45.5 Å². The van der Waals surface area contributed by atoms with Crippen molar-refractivity contribution in [2.75, 3.05) is 6.54 Å². The van der Waals surface area contributed by atoms with Gasteiger partial charge >= 0.3 is 0 Å². The number of nitrogens with one attached hydrogen (secondary N) is 5. The van der Waals surface area contributed by atoms with Gasteiger partial charge in [-0.2, -0.15) is 0 Å². The van der Waals surface area contributed by atoms with Crippen molar-refractivity contribution in [1.82, 2.24) is 21.3 Å². The van der Waals surface area contributed by atoms with Gasteiger partial charge in [0.2, 0.25) is 23.6 Å². The topological polar surface area (TPSA) is 192 Å². The lowest BCUT2D eigenvalue weighted by Crippen LogP contribution is -2.57. The number of rotatable bonds is 14. The third-order valence-corrected chi connectivity index (χ3v) is 7.53. The van der Waals surface area contributed by atoms with Crippen LogP contribution in [0.1, 0.15) is 30.9 Å². The molecule has 4 rings (SSSR count). The van der Waals surface area contributed by atoms with Gasteiger partial charge in [-0.3, -0.25) is 24.6 Å². The fourth-order valence-corrected chi connectivity index (χ4v) is 5.31. The molecule has 11 nitrogen and oxygen atoms in total. The molecule has 4 amide bonds. The number of amides is 4. The Morgan fingerprint density at radius 1 is 0.711 bits per heavy atom. The minimum atomic E-state index is -1.06. The van der Waals surface area contributed by atoms with Crippen LogP contribution in [0.25, 0.3) is 21.5 Å². The second-order valence-corrected chi connectivity index (χ2v) is 11.0. The highest BCUT2D eigenvalue weighted by Gasteiger charge is 2.29. The van der Waals surface area contributed by atoms with Crippen LogP contribution in [0.5, 0.6) is 0 Å². The summed E-state index contributed by atoms with van der Waals surface area (Å²) in [4.78, 5) is 51.8. The summed E-state index contributed by atoms with van der Waals surface area (Å²) in [6.45, 7) is 1.61. The van der Waals surface area contributed by atoms with Crippen molar-refractivity contribution in [1.29, 1.82) is 5.41 Å². The molecule has 0 radical (unpaired) electrons. The minimum Gasteiger partial charge on any atom is -0.370 e. The van der Waals surface area contributed by atoms with Gasteiger partial charge in [0.15, 0.2) is 5.96 Å². The molecule has 0 aliphatic heterocycles. The summed E-state index contributed by atoms with van der Waals surface area (Å²) in [5.74, 6) is -2.48. The quantitative estimate of drug-likeness (QED) is 0.0649. The highest BCUT2D eigenvalue weighted by Crippen LogP contribution is 2.20. The van der Waals surface area contributed by atoms with Gasteiger partial charge in [0, 0.05) is 26.3 Å². The molecule has 0 aliphatic rings. The van der Waals surface area contributed by atoms with Crippen LogP contribution in [0.4, 0.5) is 0 Å². The number of primary amides is 1. The lowest BCUT2D eigenvalue weighted by atomic mass is 9.98. The van der Waals surface area contributed by atoms with E-state index in [1.165, 1.54) is 6.92 Å². The summed E-state index contributed by atoms with van der Waals surface area (Å²) >= 11 is 0. The second kappa shape index (κ2) is 15.3. The summed E-state index contributed by atoms with van der Waals surface area (Å²) in [7, 11) is 0. The van der Waals surface area contributed by atoms with E-state index in [1.54, 1.807) is 0 Å². The Morgan fingerprint density at radius 3 is 2.07 bits per heavy atom. The molecule has 0 aliphatic carbocycles. The van der Waals surface area contributed by atoms with Gasteiger partial charge in [-0.15, -0.1) is 0 Å². The smallest absolute Gasteiger partial charge is 0.243 e. The number of carbonyl (C=O) groups is 4. The molecule has 0 fully saturated rings. The van der Waals surface area contributed by atoms with Crippen molar-refractivity contribution in [2.24, 2.45) is 11.5 Å². The molecular weight excluding hydrogens is 570 g/mol. The van der Waals surface area contributed by atoms with Crippen LogP contribution in [-0.4, -0.2) is 54.3 Å². The SMILES string of the molecule is CC(=O)N[C@H](Cc1cccc2ccccc12)C(=O)N[C@@H](CCCNC(=N)N)C(=O)N[C@H](Cc1ccc2ccccc2c1)C(N)=O. The van der Waals surface area contributed by atoms with E-state index < -0.39 is 41.8 Å². The Balaban J connectivity index is 1.52. The first-order chi connectivity index (χ1) is 21.6. The molecule has 45 heavy (non-hydrogen) atoms. The molecule has 0 bridgehead atoms. The van der Waals surface area contributed by atoms with E-state index in [0.717, 1.165) is 32.7 Å². The zero-order chi connectivity index (χ0) is 32.3. The van der Waals surface area contributed by atoms with Crippen molar-refractivity contribution in [3.63, 3.8) is 0 Å². The first kappa shape index (κ1) is 32.5. The number of benzene rings is 4. The molecule has 0 spiro atoms. The van der Waals surface area contributed by atoms with Crippen molar-refractivity contribution in [3.05, 3.63) is 96.1 Å². The van der Waals surface area contributed by atoms with Crippen LogP contribution in [0, 0.1) is 5.41 Å². The molecule has 4 aromatic rings. The second-order valence-electron chi connectivity index (χ2n) is 11.0. The van der Waals surface area contributed by atoms with Crippen LogP contribution in [0.2, 0.25) is 0 Å². The van der Waals surface area contributed by atoms with Crippen molar-refractivity contribution in [2.45, 2.75) is 50.7 Å². The highest BCUT2D eigenvalue weighted by atomic mass is 16.2. The lowest BCUT2D eigenvalue weighted by molar-refractivity contribution is -0.133. The van der Waals surface area contributed by atoms with Crippen LogP contribution < -0.4 is 32.7 Å². The number of fused-ring (bicyclic) bond motifs is 2. The summed E-state index contributed by atoms with van der Waals surface area (Å²) in [6, 6.07) is 24.0. The monoisotopic (exact) mass is 609 g/mol. The van der Waals surface area contributed by atoms with Crippen molar-refractivity contribution in [3.8, 4) is 0 Å². The number of nitrogens with two attached hydrogens (primary N) is 2. The fourth-order valence-electron chi connectivity index (χ4n) is 5.31. The molecule has 9 N–H and O–H groups in total. The lowest BCUT2D eigenvalue weighted by Gasteiger charge is -2.25. The van der Waals surface area contributed by atoms with E-state index in [-0.39, 0.29) is 31.8 Å². The van der Waals surface area contributed by atoms with Crippen LogP contribution in [-0.2, 0) is 32.0 Å². The summed E-state index contributed by atoms with van der Waals surface area (Å²) in [6.07, 6.45) is 0.894. The maximum atomic E-state index is 13.6. The number of hydrogen-bond acceptors (Lipinski definition) is 5. The van der Waals surface area contributed by atoms with Gasteiger partial charge in [0.05, 0.1) is 0 Å². The van der Waals surface area contributed by atoms with E-state index in [0.29, 0.717) is 6.42 Å². The van der Waals surface area contributed by atoms with Crippen LogP contribution in [0.15, 0.2) is 84.9 Å². The molecule has 234 valence electrons. The molecule has 0 aromatic heterocycles. The molecule has 11 heteroatoms. The van der Waals surface area contributed by atoms with Gasteiger partial charge in [0.25, 0.3) is 0 Å². The standard InChI is InChI=1S/C34H39N7O4/c1-21(42)39-30(20-26-12-6-11-24-9-4-5-13-27(24)26)33(45)40-28(14-7-17-38-34(36)37)32(44)41-29(31(35)43)19-22-15-16-23-8-2-3-10-25(23)18-22/h2-6,8-13,15-16,18,28-30H,7,14,17,19-20H2,1H3,(H2,35,43)(H,39,42)(H,40,45)(H,41,44)(H4,36,37,38)/t28-,29+,30+/m0/s1. The average molecular weight is 610 g/mol. The number of carbonyl (C=O) groups excluding carboxylic acids is 4. The van der Waals surface area contributed by atoms with E-state index >= 15 is 0 Å². The molecule has 4 aromatic carbocycles. The molecule has 0 saturated carbocycles. The van der Waals surface area contributed by atoms with Gasteiger partial charge in [-0.25, -0.2) is 0 Å². The maximum absolute atomic E-state index is 13.6. The van der Waals surface area contributed by atoms with E-state index in [4.69, 9.17) is 16.9 Å². The van der Waals surface area contributed by atoms with E-state index in [9.17, 15) is 19.2 Å². The third-order valence-electron chi connectivity index (χ3n) is 7.53. The van der Waals surface area contributed by atoms with Gasteiger partial charge in [-0.1, -0.05) is 84.9 Å². The first-order valence-corrected chi connectivity index (χ1v) is 14.8. The zero-order valence-electron chi connectivity index (χ0n) is 25.1. The molecule has 0 heterocycles. The molecule has 3 atom stereocenters. The Labute approximate surface area is 261 Å². The van der Waals surface area contributed by atoms with Crippen LogP contribution >= 0.6 is 0 Å². The third kappa shape index (κ3) is 9.27. The Morgan fingerprint density at radius 2 is 1.36 bits per heavy atom. The molecular formula is C34H39N7O4. The number of guanidine groups is 1. The van der Waals surface area contributed by atoms with E-state index in [2.05, 4.69) is 21.3 Å². The summed E-state index contributed by atoms with van der Waals surface area (Å²) in [5, 5.41) is 22.3. The predicted octanol–water partition coefficient (Wildman–Crippen LogP) is 2.00. The average Bonchev–Trinajstić information content (AvgIpc) is 3.01. The Hall–Kier alpha value is -5.45. The van der Waals surface area contributed by atoms with Gasteiger partial charge < -0.3 is 32.7 Å². The normalized spacial score (nSPS) is 12.9. The van der Waals surface area contributed by atoms with Crippen molar-refractivity contribution >= 4 is 51.1 Å². The number of hydrogen-bond donors (Lipinski definition) is 7. The zero-order valence-corrected chi connectivity index (χ0v) is 25.1. The summed E-state index contributed by atoms with van der Waals surface area (Å²) < 4.78 is 0. The maximum Gasteiger partial charge on any atom is 0.243 e. The Bertz CT molecular complexity index is 1700. The van der Waals surface area contributed by atoms with Crippen molar-refractivity contribution < 1.29 is 19.2 Å². The highest BCUT2D eigenvalue weighted by molar-refractivity contribution is 5.95. The fraction of sp³-hybridized carbons (Fsp3) is 0.265.